The maximum Gasteiger partial charge on any atom is 0.347 e. The van der Waals surface area contributed by atoms with Gasteiger partial charge in [-0.05, 0) is 69.5 Å². The van der Waals surface area contributed by atoms with E-state index in [0.717, 1.165) is 4.57 Å². The third-order valence-corrected chi connectivity index (χ3v) is 13.4. The number of ether oxygens (including phenoxy) is 3. The summed E-state index contributed by atoms with van der Waals surface area (Å²) >= 11 is 2.01. The number of halogens is 1. The number of aryl methyl sites for hydroxylation is 2. The Kier molecular flexibility index (Phi) is 9.96. The van der Waals surface area contributed by atoms with E-state index in [9.17, 15) is 19.5 Å². The number of aromatic hydroxyl groups is 1. The van der Waals surface area contributed by atoms with Crippen LogP contribution in [0.15, 0.2) is 117 Å². The molecule has 1 fully saturated rings. The third kappa shape index (κ3) is 6.02. The van der Waals surface area contributed by atoms with E-state index >= 15 is 9.59 Å². The summed E-state index contributed by atoms with van der Waals surface area (Å²) in [6, 6.07) is 24.2. The molecule has 6 aromatic rings. The van der Waals surface area contributed by atoms with E-state index in [2.05, 4.69) is 4.98 Å². The minimum atomic E-state index is -1.48. The lowest BCUT2D eigenvalue weighted by Crippen LogP contribution is -2.58. The van der Waals surface area contributed by atoms with Crippen LogP contribution in [-0.2, 0) is 41.6 Å². The summed E-state index contributed by atoms with van der Waals surface area (Å²) in [6.07, 6.45) is 3.33. The third-order valence-electron chi connectivity index (χ3n) is 12.5. The topological polar surface area (TPSA) is 166 Å². The zero-order valence-electron chi connectivity index (χ0n) is 33.6. The molecule has 9 rings (SSSR count). The number of aromatic nitrogens is 5. The van der Waals surface area contributed by atoms with E-state index in [-0.39, 0.29) is 60.3 Å². The fraction of sp³-hybridized carbons (Fsp3) is 0.261. The van der Waals surface area contributed by atoms with Crippen molar-refractivity contribution in [3.05, 3.63) is 160 Å². The molecule has 61 heavy (non-hydrogen) atoms. The molecule has 1 N–H and O–H groups in total. The van der Waals surface area contributed by atoms with Gasteiger partial charge in [0.15, 0.2) is 34.6 Å². The van der Waals surface area contributed by atoms with Gasteiger partial charge in [-0.15, -0.1) is 0 Å². The summed E-state index contributed by atoms with van der Waals surface area (Å²) in [4.78, 5) is 77.8. The first-order valence-corrected chi connectivity index (χ1v) is 20.7. The standard InChI is InChI=1S/C46H40IN5O9/c1-49-35-24-37(60-3)36(59-2)23-33(35)48-32(43(49)56)16-17-50-44(57)51-18-15-28-34(52(51)45(50)58)22-30-41(54)29(25-11-7-5-8-12-25)21-39(53)46(30,27-13-9-6-10-14-27)40(28)26-19-31(47)42(55)38(20-26)61-4/h5-15,19-21,23-24,30,34,40,55H,16-18,22H2,1-4H3/t30-,34+,40-,46-/m0/s1. The van der Waals surface area contributed by atoms with Gasteiger partial charge >= 0.3 is 11.4 Å². The number of carbonyl (C=O) groups excluding carboxylic acids is 2. The number of fused-ring (bicyclic) bond motifs is 5. The number of Topliss-reactive ketones (excluding diaryl/α,β-unsaturated/α-hetero) is 1. The minimum Gasteiger partial charge on any atom is -0.504 e. The number of phenols is 1. The molecule has 1 saturated carbocycles. The monoisotopic (exact) mass is 933 g/mol. The van der Waals surface area contributed by atoms with Gasteiger partial charge in [-0.25, -0.2) is 28.5 Å². The van der Waals surface area contributed by atoms with Gasteiger partial charge in [-0.1, -0.05) is 66.7 Å². The predicted octanol–water partition coefficient (Wildman–Crippen LogP) is 5.10. The van der Waals surface area contributed by atoms with Crippen LogP contribution in [-0.4, -0.2) is 61.5 Å². The number of rotatable bonds is 9. The first-order valence-electron chi connectivity index (χ1n) is 19.7. The molecule has 14 nitrogen and oxygen atoms in total. The zero-order chi connectivity index (χ0) is 42.9. The molecule has 2 aliphatic carbocycles. The van der Waals surface area contributed by atoms with Crippen molar-refractivity contribution < 1.29 is 28.9 Å². The minimum absolute atomic E-state index is 0.00386. The highest BCUT2D eigenvalue weighted by Crippen LogP contribution is 2.62. The molecule has 4 atom stereocenters. The molecule has 0 saturated heterocycles. The molecule has 0 spiro atoms. The summed E-state index contributed by atoms with van der Waals surface area (Å²) in [5.41, 5.74) is 0.809. The van der Waals surface area contributed by atoms with Crippen LogP contribution in [0.2, 0.25) is 0 Å². The number of allylic oxidation sites excluding steroid dienone is 4. The molecular weight excluding hydrogens is 893 g/mol. The molecule has 3 aliphatic rings. The normalized spacial score (nSPS) is 20.6. The van der Waals surface area contributed by atoms with Crippen molar-refractivity contribution in [3.63, 3.8) is 0 Å². The number of phenolic OH excluding ortho intramolecular Hbond substituents is 1. The van der Waals surface area contributed by atoms with Crippen molar-refractivity contribution in [2.75, 3.05) is 21.3 Å². The van der Waals surface area contributed by atoms with Crippen LogP contribution in [0.25, 0.3) is 16.6 Å². The molecule has 2 aromatic heterocycles. The summed E-state index contributed by atoms with van der Waals surface area (Å²) in [5, 5.41) is 11.0. The Hall–Kier alpha value is -6.49. The fourth-order valence-corrected chi connectivity index (χ4v) is 10.4. The van der Waals surface area contributed by atoms with Crippen LogP contribution in [0.5, 0.6) is 23.0 Å². The van der Waals surface area contributed by atoms with Gasteiger partial charge in [0.2, 0.25) is 0 Å². The SMILES string of the molecule is COc1cc2nc(CCn3c(=O)n4n(c3=O)[C@@H]3C[C@H]5C(=O)C(c6ccccc6)=CC(=O)[C@@]5(c5ccccc5)[C@@H](c5cc(I)c(O)c(OC)c5)C3=CC4)c(=O)n(C)c2cc1OC. The molecule has 0 radical (unpaired) electrons. The number of hydrogen-bond donors (Lipinski definition) is 1. The first-order chi connectivity index (χ1) is 29.4. The van der Waals surface area contributed by atoms with Crippen LogP contribution in [0.4, 0.5) is 0 Å². The van der Waals surface area contributed by atoms with Crippen molar-refractivity contribution in [2.24, 2.45) is 13.0 Å². The second kappa shape index (κ2) is 15.2. The number of benzene rings is 4. The molecule has 15 heteroatoms. The lowest BCUT2D eigenvalue weighted by Gasteiger charge is -2.54. The Bertz CT molecular complexity index is 3060. The highest BCUT2D eigenvalue weighted by molar-refractivity contribution is 14.1. The number of ketones is 2. The van der Waals surface area contributed by atoms with Crippen LogP contribution < -0.4 is 31.1 Å². The fourth-order valence-electron chi connectivity index (χ4n) is 9.76. The van der Waals surface area contributed by atoms with Crippen molar-refractivity contribution in [1.82, 2.24) is 23.5 Å². The summed E-state index contributed by atoms with van der Waals surface area (Å²) in [5.74, 6) is -1.41. The Morgan fingerprint density at radius 3 is 2.21 bits per heavy atom. The molecule has 3 heterocycles. The maximum atomic E-state index is 15.3. The Labute approximate surface area is 362 Å². The summed E-state index contributed by atoms with van der Waals surface area (Å²) in [6.45, 7) is -0.156. The van der Waals surface area contributed by atoms with Gasteiger partial charge in [-0.3, -0.25) is 14.4 Å². The predicted molar refractivity (Wildman–Crippen MR) is 235 cm³/mol. The molecule has 0 amide bonds. The van der Waals surface area contributed by atoms with Crippen LogP contribution in [0, 0.1) is 9.49 Å². The quantitative estimate of drug-likeness (QED) is 0.153. The summed E-state index contributed by atoms with van der Waals surface area (Å²) < 4.78 is 22.3. The summed E-state index contributed by atoms with van der Waals surface area (Å²) in [7, 11) is 6.06. The van der Waals surface area contributed by atoms with Crippen molar-refractivity contribution >= 4 is 50.8 Å². The second-order valence-corrected chi connectivity index (χ2v) is 16.6. The van der Waals surface area contributed by atoms with E-state index in [1.54, 1.807) is 43.4 Å². The Morgan fingerprint density at radius 2 is 1.52 bits per heavy atom. The number of nitrogens with zero attached hydrogens (tertiary/aromatic N) is 5. The second-order valence-electron chi connectivity index (χ2n) is 15.4. The van der Waals surface area contributed by atoms with E-state index in [1.807, 2.05) is 77.2 Å². The van der Waals surface area contributed by atoms with E-state index in [4.69, 9.17) is 14.2 Å². The highest BCUT2D eigenvalue weighted by atomic mass is 127. The van der Waals surface area contributed by atoms with Crippen LogP contribution in [0.3, 0.4) is 0 Å². The van der Waals surface area contributed by atoms with Crippen molar-refractivity contribution in [1.29, 1.82) is 0 Å². The lowest BCUT2D eigenvalue weighted by atomic mass is 9.47. The Morgan fingerprint density at radius 1 is 0.852 bits per heavy atom. The van der Waals surface area contributed by atoms with E-state index < -0.39 is 40.2 Å². The number of hydrogen-bond acceptors (Lipinski definition) is 10. The van der Waals surface area contributed by atoms with Crippen LogP contribution >= 0.6 is 22.6 Å². The molecular formula is C46H40IN5O9. The number of methoxy groups -OCH3 is 3. The van der Waals surface area contributed by atoms with E-state index in [0.29, 0.717) is 48.4 Å². The number of carbonyl (C=O) groups is 2. The molecule has 1 aliphatic heterocycles. The van der Waals surface area contributed by atoms with Gasteiger partial charge < -0.3 is 23.9 Å². The smallest absolute Gasteiger partial charge is 0.347 e. The van der Waals surface area contributed by atoms with E-state index in [1.165, 1.54) is 41.3 Å². The molecule has 0 bridgehead atoms. The molecule has 0 unspecified atom stereocenters. The van der Waals surface area contributed by atoms with Gasteiger partial charge in [-0.2, -0.15) is 0 Å². The Balaban J connectivity index is 1.21. The van der Waals surface area contributed by atoms with Gasteiger partial charge in [0, 0.05) is 49.6 Å². The average Bonchev–Trinajstić information content (AvgIpc) is 3.53. The lowest BCUT2D eigenvalue weighted by molar-refractivity contribution is -0.133. The zero-order valence-corrected chi connectivity index (χ0v) is 35.8. The highest BCUT2D eigenvalue weighted by Gasteiger charge is 2.63. The van der Waals surface area contributed by atoms with Crippen LogP contribution in [0.1, 0.15) is 40.8 Å². The van der Waals surface area contributed by atoms with Crippen molar-refractivity contribution in [2.45, 2.75) is 43.3 Å². The van der Waals surface area contributed by atoms with Gasteiger partial charge in [0.05, 0.1) is 53.9 Å². The first kappa shape index (κ1) is 39.9. The average molecular weight is 934 g/mol. The molecule has 310 valence electrons. The largest absolute Gasteiger partial charge is 0.504 e. The van der Waals surface area contributed by atoms with Gasteiger partial charge in [0.1, 0.15) is 5.69 Å². The van der Waals surface area contributed by atoms with Gasteiger partial charge in [0.25, 0.3) is 5.56 Å². The molecule has 4 aromatic carbocycles. The van der Waals surface area contributed by atoms with Crippen molar-refractivity contribution in [3.8, 4) is 23.0 Å². The maximum absolute atomic E-state index is 15.3.